The van der Waals surface area contributed by atoms with Crippen molar-refractivity contribution in [1.82, 2.24) is 9.80 Å². The Labute approximate surface area is 161 Å². The zero-order chi connectivity index (χ0) is 19.9. The molecule has 1 aliphatic heterocycles. The summed E-state index contributed by atoms with van der Waals surface area (Å²) in [5.41, 5.74) is 0.574. The molecular weight excluding hydrogens is 342 g/mol. The number of nitrogens with one attached hydrogen (secondary N) is 1. The molecule has 1 saturated heterocycles. The second-order valence-electron chi connectivity index (χ2n) is 7.41. The smallest absolute Gasteiger partial charge is 0.410 e. The average Bonchev–Trinajstić information content (AvgIpc) is 2.64. The summed E-state index contributed by atoms with van der Waals surface area (Å²) in [6.45, 7) is 12.1. The van der Waals surface area contributed by atoms with Gasteiger partial charge in [0.15, 0.2) is 0 Å². The van der Waals surface area contributed by atoms with Gasteiger partial charge in [-0.2, -0.15) is 0 Å². The van der Waals surface area contributed by atoms with Gasteiger partial charge in [0.05, 0.1) is 0 Å². The summed E-state index contributed by atoms with van der Waals surface area (Å²) in [4.78, 5) is 15.7. The molecule has 0 atom stereocenters. The Morgan fingerprint density at radius 2 is 1.70 bits per heavy atom. The summed E-state index contributed by atoms with van der Waals surface area (Å²) in [5.74, 6) is 0.888. The van der Waals surface area contributed by atoms with Gasteiger partial charge in [-0.05, 0) is 38.5 Å². The number of carbonyl (C=O) groups excluding carboxylic acids is 1. The van der Waals surface area contributed by atoms with Crippen LogP contribution in [-0.2, 0) is 16.1 Å². The lowest BCUT2D eigenvalue weighted by atomic mass is 10.2. The second-order valence-corrected chi connectivity index (χ2v) is 7.41. The molecule has 1 aliphatic rings. The first kappa shape index (κ1) is 20.6. The topological polar surface area (TPSA) is 65.9 Å². The molecule has 27 heavy (non-hydrogen) atoms. The maximum atomic E-state index is 12.1. The minimum atomic E-state index is -0.496. The molecule has 0 saturated carbocycles. The summed E-state index contributed by atoms with van der Waals surface area (Å²) in [6.07, 6.45) is 3.08. The summed E-state index contributed by atoms with van der Waals surface area (Å²) in [6, 6.07) is 9.86. The number of nitrogens with zero attached hydrogens (tertiary/aromatic N) is 2. The lowest BCUT2D eigenvalue weighted by Crippen LogP contribution is -2.51. The van der Waals surface area contributed by atoms with Gasteiger partial charge in [0.1, 0.15) is 23.8 Å². The Morgan fingerprint density at radius 1 is 1.11 bits per heavy atom. The summed E-state index contributed by atoms with van der Waals surface area (Å²) >= 11 is 0. The van der Waals surface area contributed by atoms with Crippen LogP contribution >= 0.6 is 0 Å². The van der Waals surface area contributed by atoms with E-state index in [9.17, 15) is 4.79 Å². The third-order valence-electron chi connectivity index (χ3n) is 3.97. The molecule has 1 heterocycles. The first-order chi connectivity index (χ1) is 12.7. The molecule has 146 valence electrons. The van der Waals surface area contributed by atoms with Crippen LogP contribution in [0.4, 0.5) is 4.79 Å². The van der Waals surface area contributed by atoms with Gasteiger partial charge < -0.3 is 19.3 Å². The Hall–Kier alpha value is -2.76. The van der Waals surface area contributed by atoms with Crippen molar-refractivity contribution in [3.8, 4) is 0 Å². The third-order valence-corrected chi connectivity index (χ3v) is 3.97. The fourth-order valence-corrected chi connectivity index (χ4v) is 2.53. The molecular formula is C21H29N3O3. The van der Waals surface area contributed by atoms with Crippen LogP contribution in [0.5, 0.6) is 0 Å². The van der Waals surface area contributed by atoms with Crippen LogP contribution in [0.15, 0.2) is 54.8 Å². The highest BCUT2D eigenvalue weighted by atomic mass is 16.6. The molecule has 0 aliphatic carbocycles. The van der Waals surface area contributed by atoms with Crippen LogP contribution in [-0.4, -0.2) is 53.5 Å². The minimum absolute atomic E-state index is 0.299. The highest BCUT2D eigenvalue weighted by Crippen LogP contribution is 2.12. The van der Waals surface area contributed by atoms with E-state index in [1.807, 2.05) is 56.0 Å². The molecule has 1 fully saturated rings. The molecule has 0 spiro atoms. The summed E-state index contributed by atoms with van der Waals surface area (Å²) in [5, 5.41) is 8.20. The zero-order valence-corrected chi connectivity index (χ0v) is 16.4. The number of ether oxygens (including phenoxy) is 2. The number of carbonyl (C=O) groups is 1. The maximum absolute atomic E-state index is 12.1. The SMILES string of the molecule is C=C(/C=C\C(=N)N1CCN(C(=O)OC(C)(C)C)CC1)OCc1ccccc1. The molecule has 0 unspecified atom stereocenters. The molecule has 6 heteroatoms. The minimum Gasteiger partial charge on any atom is -0.490 e. The van der Waals surface area contributed by atoms with Crippen molar-refractivity contribution in [2.45, 2.75) is 33.0 Å². The molecule has 2 rings (SSSR count). The average molecular weight is 371 g/mol. The molecule has 1 aromatic rings. The Morgan fingerprint density at radius 3 is 2.30 bits per heavy atom. The van der Waals surface area contributed by atoms with Gasteiger partial charge in [0.2, 0.25) is 0 Å². The van der Waals surface area contributed by atoms with Gasteiger partial charge in [0.25, 0.3) is 0 Å². The highest BCUT2D eigenvalue weighted by molar-refractivity contribution is 5.90. The van der Waals surface area contributed by atoms with E-state index in [1.54, 1.807) is 17.1 Å². The van der Waals surface area contributed by atoms with Crippen LogP contribution in [0.2, 0.25) is 0 Å². The van der Waals surface area contributed by atoms with E-state index in [1.165, 1.54) is 0 Å². The van der Waals surface area contributed by atoms with Crippen LogP contribution in [0.1, 0.15) is 26.3 Å². The monoisotopic (exact) mass is 371 g/mol. The highest BCUT2D eigenvalue weighted by Gasteiger charge is 2.26. The lowest BCUT2D eigenvalue weighted by Gasteiger charge is -2.36. The van der Waals surface area contributed by atoms with Crippen LogP contribution < -0.4 is 0 Å². The van der Waals surface area contributed by atoms with Crippen LogP contribution in [0.25, 0.3) is 0 Å². The fraction of sp³-hybridized carbons (Fsp3) is 0.429. The van der Waals surface area contributed by atoms with Gasteiger partial charge in [0, 0.05) is 26.2 Å². The Bertz CT molecular complexity index is 684. The number of amidine groups is 1. The zero-order valence-electron chi connectivity index (χ0n) is 16.4. The Kier molecular flexibility index (Phi) is 7.05. The third kappa shape index (κ3) is 7.17. The molecule has 0 radical (unpaired) electrons. The van der Waals surface area contributed by atoms with Crippen LogP contribution in [0, 0.1) is 5.41 Å². The number of amides is 1. The Balaban J connectivity index is 1.74. The molecule has 6 nitrogen and oxygen atoms in total. The number of piperazine rings is 1. The van der Waals surface area contributed by atoms with Crippen molar-refractivity contribution in [1.29, 1.82) is 5.41 Å². The number of hydrogen-bond donors (Lipinski definition) is 1. The summed E-state index contributed by atoms with van der Waals surface area (Å²) < 4.78 is 11.0. The van der Waals surface area contributed by atoms with E-state index in [0.717, 1.165) is 5.56 Å². The van der Waals surface area contributed by atoms with Gasteiger partial charge in [-0.15, -0.1) is 0 Å². The summed E-state index contributed by atoms with van der Waals surface area (Å²) in [7, 11) is 0. The van der Waals surface area contributed by atoms with E-state index in [-0.39, 0.29) is 6.09 Å². The van der Waals surface area contributed by atoms with E-state index in [0.29, 0.717) is 44.4 Å². The number of rotatable bonds is 5. The van der Waals surface area contributed by atoms with E-state index < -0.39 is 5.60 Å². The van der Waals surface area contributed by atoms with E-state index in [2.05, 4.69) is 6.58 Å². The van der Waals surface area contributed by atoms with E-state index >= 15 is 0 Å². The number of benzene rings is 1. The molecule has 0 aromatic heterocycles. The molecule has 1 aromatic carbocycles. The van der Waals surface area contributed by atoms with Crippen molar-refractivity contribution >= 4 is 11.9 Å². The lowest BCUT2D eigenvalue weighted by molar-refractivity contribution is 0.0187. The number of allylic oxidation sites excluding steroid dienone is 1. The van der Waals surface area contributed by atoms with Gasteiger partial charge in [-0.25, -0.2) is 4.79 Å². The van der Waals surface area contributed by atoms with Gasteiger partial charge >= 0.3 is 6.09 Å². The van der Waals surface area contributed by atoms with Gasteiger partial charge in [-0.3, -0.25) is 5.41 Å². The van der Waals surface area contributed by atoms with E-state index in [4.69, 9.17) is 14.9 Å². The molecule has 1 amide bonds. The standard InChI is InChI=1S/C21H29N3O3/c1-17(26-16-18-8-6-5-7-9-18)10-11-19(22)23-12-14-24(15-13-23)20(25)27-21(2,3)4/h5-11,22H,1,12-16H2,2-4H3/b11-10-,22-19?. The normalized spacial score (nSPS) is 14.9. The first-order valence-electron chi connectivity index (χ1n) is 9.10. The molecule has 1 N–H and O–H groups in total. The van der Waals surface area contributed by atoms with Crippen LogP contribution in [0.3, 0.4) is 0 Å². The number of hydrogen-bond acceptors (Lipinski definition) is 4. The van der Waals surface area contributed by atoms with Crippen molar-refractivity contribution < 1.29 is 14.3 Å². The molecule has 0 bridgehead atoms. The predicted octanol–water partition coefficient (Wildman–Crippen LogP) is 3.80. The van der Waals surface area contributed by atoms with Crippen molar-refractivity contribution in [2.75, 3.05) is 26.2 Å². The van der Waals surface area contributed by atoms with Gasteiger partial charge in [-0.1, -0.05) is 36.9 Å². The first-order valence-corrected chi connectivity index (χ1v) is 9.10. The quantitative estimate of drug-likeness (QED) is 0.370. The fourth-order valence-electron chi connectivity index (χ4n) is 2.53. The van der Waals surface area contributed by atoms with Crippen molar-refractivity contribution in [2.24, 2.45) is 0 Å². The van der Waals surface area contributed by atoms with Crippen molar-refractivity contribution in [3.05, 3.63) is 60.4 Å². The largest absolute Gasteiger partial charge is 0.490 e. The maximum Gasteiger partial charge on any atom is 0.410 e. The van der Waals surface area contributed by atoms with Crippen molar-refractivity contribution in [3.63, 3.8) is 0 Å². The predicted molar refractivity (Wildman–Crippen MR) is 107 cm³/mol. The second kappa shape index (κ2) is 9.26.